The minimum Gasteiger partial charge on any atom is -0.473 e. The molecule has 0 heterocycles. The molecule has 0 fully saturated rings. The Morgan fingerprint density at radius 2 is 1.14 bits per heavy atom. The zero-order chi connectivity index (χ0) is 5.15. The zero-order valence-electron chi connectivity index (χ0n) is 3.01. The van der Waals surface area contributed by atoms with E-state index in [2.05, 4.69) is 0 Å². The van der Waals surface area contributed by atoms with Crippen LogP contribution in [0.4, 0.5) is 0 Å². The van der Waals surface area contributed by atoms with Gasteiger partial charge in [0.25, 0.3) is 0 Å². The average Bonchev–Trinajstić information content (AvgIpc) is 1.36. The van der Waals surface area contributed by atoms with Crippen LogP contribution in [0.25, 0.3) is 0 Å². The Morgan fingerprint density at radius 3 is 1.14 bits per heavy atom. The summed E-state index contributed by atoms with van der Waals surface area (Å²) in [6.45, 7) is 0. The maximum Gasteiger partial charge on any atom is 0.414 e. The first-order valence-corrected chi connectivity index (χ1v) is 1.11. The summed E-state index contributed by atoms with van der Waals surface area (Å²) < 4.78 is 0. The van der Waals surface area contributed by atoms with E-state index < -0.39 is 11.9 Å². The number of aliphatic carboxylic acids is 2. The molecule has 0 aromatic rings. The molecule has 0 unspecified atom stereocenters. The number of carboxylic acid groups (broad SMARTS) is 2. The van der Waals surface area contributed by atoms with Gasteiger partial charge in [-0.05, 0) is 0 Å². The summed E-state index contributed by atoms with van der Waals surface area (Å²) in [4.78, 5) is 18.2. The zero-order valence-corrected chi connectivity index (χ0v) is 5.18. The average molecular weight is 287 g/mol. The van der Waals surface area contributed by atoms with E-state index in [0.717, 1.165) is 0 Å². The Morgan fingerprint density at radius 1 is 1.00 bits per heavy atom. The first-order chi connectivity index (χ1) is 2.64. The maximum atomic E-state index is 9.10. The topological polar surface area (TPSA) is 74.6 Å². The molecule has 0 aliphatic heterocycles. The third-order valence-electron chi connectivity index (χ3n) is 0.183. The number of hydrogen-bond acceptors (Lipinski definition) is 2. The minimum atomic E-state index is -1.82. The molecular weight excluding hydrogens is 285 g/mol. The molecule has 0 aromatic carbocycles. The molecule has 0 aliphatic rings. The molecule has 0 atom stereocenters. The van der Waals surface area contributed by atoms with Crippen molar-refractivity contribution in [3.8, 4) is 0 Å². The van der Waals surface area contributed by atoms with Crippen LogP contribution in [0.1, 0.15) is 0 Å². The summed E-state index contributed by atoms with van der Waals surface area (Å²) in [5.41, 5.74) is 0. The third-order valence-corrected chi connectivity index (χ3v) is 0.183. The van der Waals surface area contributed by atoms with Crippen LogP contribution in [0.2, 0.25) is 0 Å². The summed E-state index contributed by atoms with van der Waals surface area (Å²) in [5.74, 6) is -3.65. The first-order valence-electron chi connectivity index (χ1n) is 1.11. The van der Waals surface area contributed by atoms with Crippen LogP contribution >= 0.6 is 0 Å². The van der Waals surface area contributed by atoms with E-state index >= 15 is 0 Å². The second kappa shape index (κ2) is 3.86. The molecule has 7 heavy (non-hydrogen) atoms. The quantitative estimate of drug-likeness (QED) is 0.450. The molecular formula is C2H2AuO4. The fraction of sp³-hybridized carbons (Fsp3) is 0. The third kappa shape index (κ3) is 5.68. The molecule has 0 aromatic heterocycles. The molecule has 5 heteroatoms. The number of carboxylic acids is 2. The molecule has 0 spiro atoms. The summed E-state index contributed by atoms with van der Waals surface area (Å²) >= 11 is 0. The fourth-order valence-electron chi connectivity index (χ4n) is 0. The van der Waals surface area contributed by atoms with Crippen molar-refractivity contribution in [2.45, 2.75) is 0 Å². The van der Waals surface area contributed by atoms with Gasteiger partial charge in [0.2, 0.25) is 0 Å². The molecule has 0 amide bonds. The largest absolute Gasteiger partial charge is 0.473 e. The molecule has 0 aliphatic carbocycles. The van der Waals surface area contributed by atoms with Crippen molar-refractivity contribution in [2.75, 3.05) is 0 Å². The minimum absolute atomic E-state index is 0. The number of carbonyl (C=O) groups is 2. The van der Waals surface area contributed by atoms with Gasteiger partial charge in [0.1, 0.15) is 0 Å². The Bertz CT molecular complexity index is 75.7. The molecule has 4 nitrogen and oxygen atoms in total. The van der Waals surface area contributed by atoms with Crippen LogP contribution in [0.3, 0.4) is 0 Å². The van der Waals surface area contributed by atoms with Gasteiger partial charge in [-0.15, -0.1) is 0 Å². The van der Waals surface area contributed by atoms with Crippen LogP contribution in [-0.2, 0) is 32.0 Å². The SMILES string of the molecule is O=C(O)C(=O)O.[Au]. The normalized spacial score (nSPS) is 6.29. The van der Waals surface area contributed by atoms with Crippen LogP contribution in [0, 0.1) is 0 Å². The fourth-order valence-corrected chi connectivity index (χ4v) is 0. The van der Waals surface area contributed by atoms with Gasteiger partial charge < -0.3 is 10.2 Å². The Hall–Kier alpha value is -0.320. The molecule has 0 bridgehead atoms. The van der Waals surface area contributed by atoms with Crippen molar-refractivity contribution in [2.24, 2.45) is 0 Å². The Kier molecular flexibility index (Phi) is 5.42. The Labute approximate surface area is 54.6 Å². The van der Waals surface area contributed by atoms with Crippen LogP contribution in [0.15, 0.2) is 0 Å². The monoisotopic (exact) mass is 287 g/mol. The summed E-state index contributed by atoms with van der Waals surface area (Å²) in [6, 6.07) is 0. The number of hydrogen-bond donors (Lipinski definition) is 2. The predicted molar refractivity (Wildman–Crippen MR) is 15.3 cm³/mol. The van der Waals surface area contributed by atoms with Crippen molar-refractivity contribution in [1.82, 2.24) is 0 Å². The molecule has 0 rings (SSSR count). The summed E-state index contributed by atoms with van der Waals surface area (Å²) in [5, 5.41) is 14.8. The molecule has 0 saturated carbocycles. The maximum absolute atomic E-state index is 9.10. The van der Waals surface area contributed by atoms with E-state index in [1.54, 1.807) is 0 Å². The van der Waals surface area contributed by atoms with Crippen molar-refractivity contribution < 1.29 is 42.2 Å². The van der Waals surface area contributed by atoms with Crippen molar-refractivity contribution in [3.63, 3.8) is 0 Å². The van der Waals surface area contributed by atoms with E-state index in [1.165, 1.54) is 0 Å². The van der Waals surface area contributed by atoms with Crippen molar-refractivity contribution in [3.05, 3.63) is 0 Å². The van der Waals surface area contributed by atoms with Crippen molar-refractivity contribution >= 4 is 11.9 Å². The predicted octanol–water partition coefficient (Wildman–Crippen LogP) is -0.847. The second-order valence-electron chi connectivity index (χ2n) is 0.610. The van der Waals surface area contributed by atoms with Gasteiger partial charge in [-0.1, -0.05) is 0 Å². The van der Waals surface area contributed by atoms with Gasteiger partial charge in [-0.2, -0.15) is 0 Å². The number of rotatable bonds is 0. The second-order valence-corrected chi connectivity index (χ2v) is 0.610. The smallest absolute Gasteiger partial charge is 0.414 e. The first kappa shape index (κ1) is 9.84. The molecule has 45 valence electrons. The van der Waals surface area contributed by atoms with Crippen LogP contribution in [0.5, 0.6) is 0 Å². The molecule has 0 saturated heterocycles. The molecule has 2 N–H and O–H groups in total. The standard InChI is InChI=1S/C2H2O4.Au/c3-1(4)2(5)6;/h(H,3,4)(H,5,6);. The van der Waals surface area contributed by atoms with E-state index in [4.69, 9.17) is 19.8 Å². The van der Waals surface area contributed by atoms with Crippen molar-refractivity contribution in [1.29, 1.82) is 0 Å². The van der Waals surface area contributed by atoms with E-state index in [1.807, 2.05) is 0 Å². The summed E-state index contributed by atoms with van der Waals surface area (Å²) in [6.07, 6.45) is 0. The van der Waals surface area contributed by atoms with E-state index in [-0.39, 0.29) is 22.4 Å². The van der Waals surface area contributed by atoms with Gasteiger partial charge in [-0.25, -0.2) is 9.59 Å². The van der Waals surface area contributed by atoms with Crippen LogP contribution < -0.4 is 0 Å². The summed E-state index contributed by atoms with van der Waals surface area (Å²) in [7, 11) is 0. The van der Waals surface area contributed by atoms with Gasteiger partial charge >= 0.3 is 11.9 Å². The van der Waals surface area contributed by atoms with E-state index in [0.29, 0.717) is 0 Å². The van der Waals surface area contributed by atoms with Gasteiger partial charge in [-0.3, -0.25) is 0 Å². The van der Waals surface area contributed by atoms with Gasteiger partial charge in [0, 0.05) is 22.4 Å². The Balaban J connectivity index is 0. The van der Waals surface area contributed by atoms with Crippen LogP contribution in [-0.4, -0.2) is 22.2 Å². The van der Waals surface area contributed by atoms with E-state index in [9.17, 15) is 0 Å². The van der Waals surface area contributed by atoms with Gasteiger partial charge in [0.05, 0.1) is 0 Å². The van der Waals surface area contributed by atoms with Gasteiger partial charge in [0.15, 0.2) is 0 Å². The molecule has 1 radical (unpaired) electrons.